The summed E-state index contributed by atoms with van der Waals surface area (Å²) in [6.45, 7) is 0. The zero-order valence-electron chi connectivity index (χ0n) is 10.5. The van der Waals surface area contributed by atoms with E-state index < -0.39 is 0 Å². The molecule has 92 valence electrons. The van der Waals surface area contributed by atoms with Gasteiger partial charge in [-0.25, -0.2) is 0 Å². The first-order valence-corrected chi connectivity index (χ1v) is 6.22. The number of aryl methyl sites for hydroxylation is 1. The second kappa shape index (κ2) is 3.72. The lowest BCUT2D eigenvalue weighted by Crippen LogP contribution is -1.89. The van der Waals surface area contributed by atoms with Gasteiger partial charge in [-0.3, -0.25) is 4.68 Å². The Morgan fingerprint density at radius 3 is 2.89 bits per heavy atom. The first kappa shape index (κ1) is 10.4. The molecule has 0 aliphatic rings. The highest BCUT2D eigenvalue weighted by molar-refractivity contribution is 5.95. The van der Waals surface area contributed by atoms with Crippen molar-refractivity contribution in [3.63, 3.8) is 0 Å². The molecule has 2 aromatic heterocycles. The monoisotopic (exact) mass is 248 g/mol. The van der Waals surface area contributed by atoms with Crippen LogP contribution in [0.1, 0.15) is 0 Å². The molecule has 4 rings (SSSR count). The Bertz CT molecular complexity index is 886. The van der Waals surface area contributed by atoms with Crippen molar-refractivity contribution in [2.75, 3.05) is 0 Å². The van der Waals surface area contributed by atoms with E-state index in [-0.39, 0.29) is 0 Å². The van der Waals surface area contributed by atoms with Crippen molar-refractivity contribution < 1.29 is 4.42 Å². The zero-order valence-corrected chi connectivity index (χ0v) is 10.5. The van der Waals surface area contributed by atoms with Gasteiger partial charge in [-0.1, -0.05) is 18.2 Å². The van der Waals surface area contributed by atoms with Crippen molar-refractivity contribution in [3.8, 4) is 11.3 Å². The van der Waals surface area contributed by atoms with Crippen molar-refractivity contribution in [1.82, 2.24) is 9.78 Å². The fourth-order valence-corrected chi connectivity index (χ4v) is 2.54. The van der Waals surface area contributed by atoms with Crippen LogP contribution in [0, 0.1) is 0 Å². The number of aromatic nitrogens is 2. The van der Waals surface area contributed by atoms with E-state index in [1.807, 2.05) is 36.0 Å². The Balaban J connectivity index is 2.03. The van der Waals surface area contributed by atoms with Crippen LogP contribution >= 0.6 is 0 Å². The average molecular weight is 248 g/mol. The molecule has 0 bridgehead atoms. The molecule has 0 radical (unpaired) electrons. The van der Waals surface area contributed by atoms with Crippen molar-refractivity contribution in [2.45, 2.75) is 0 Å². The highest BCUT2D eigenvalue weighted by Gasteiger charge is 2.10. The zero-order chi connectivity index (χ0) is 12.8. The number of rotatable bonds is 1. The largest absolute Gasteiger partial charge is 0.464 e. The number of nitrogens with zero attached hydrogens (tertiary/aromatic N) is 2. The molecule has 0 amide bonds. The topological polar surface area (TPSA) is 31.0 Å². The highest BCUT2D eigenvalue weighted by atomic mass is 16.3. The molecule has 0 saturated carbocycles. The van der Waals surface area contributed by atoms with Crippen molar-refractivity contribution in [2.24, 2.45) is 7.05 Å². The number of para-hydroxylation sites is 1. The van der Waals surface area contributed by atoms with E-state index in [1.165, 1.54) is 5.39 Å². The molecule has 0 saturated heterocycles. The van der Waals surface area contributed by atoms with Gasteiger partial charge in [-0.05, 0) is 30.3 Å². The Morgan fingerprint density at radius 1 is 1.05 bits per heavy atom. The summed E-state index contributed by atoms with van der Waals surface area (Å²) in [6, 6.07) is 16.4. The number of benzene rings is 2. The molecule has 0 unspecified atom stereocenters. The molecular weight excluding hydrogens is 236 g/mol. The maximum absolute atomic E-state index is 5.38. The molecule has 3 nitrogen and oxygen atoms in total. The minimum absolute atomic E-state index is 0.906. The summed E-state index contributed by atoms with van der Waals surface area (Å²) >= 11 is 0. The van der Waals surface area contributed by atoms with E-state index in [0.717, 1.165) is 27.7 Å². The lowest BCUT2D eigenvalue weighted by atomic mass is 10.1. The molecule has 0 fully saturated rings. The quantitative estimate of drug-likeness (QED) is 0.510. The molecule has 4 aromatic rings. The predicted molar refractivity (Wildman–Crippen MR) is 75.9 cm³/mol. The summed E-state index contributed by atoms with van der Waals surface area (Å²) in [6.07, 6.45) is 1.71. The van der Waals surface area contributed by atoms with Crippen LogP contribution in [-0.4, -0.2) is 9.78 Å². The van der Waals surface area contributed by atoms with Crippen molar-refractivity contribution in [1.29, 1.82) is 0 Å². The number of hydrogen-bond donors (Lipinski definition) is 0. The number of hydrogen-bond acceptors (Lipinski definition) is 2. The SMILES string of the molecule is Cn1nc(-c2ccc3occc3c2)c2ccccc21. The van der Waals surface area contributed by atoms with Gasteiger partial charge in [-0.15, -0.1) is 0 Å². The summed E-state index contributed by atoms with van der Waals surface area (Å²) in [5, 5.41) is 6.92. The van der Waals surface area contributed by atoms with Crippen LogP contribution in [0.3, 0.4) is 0 Å². The Hall–Kier alpha value is -2.55. The molecule has 19 heavy (non-hydrogen) atoms. The van der Waals surface area contributed by atoms with Crippen LogP contribution in [0.5, 0.6) is 0 Å². The van der Waals surface area contributed by atoms with Gasteiger partial charge in [0.15, 0.2) is 0 Å². The van der Waals surface area contributed by atoms with Gasteiger partial charge in [0.25, 0.3) is 0 Å². The van der Waals surface area contributed by atoms with E-state index in [1.54, 1.807) is 6.26 Å². The number of furan rings is 1. The average Bonchev–Trinajstić information content (AvgIpc) is 3.03. The van der Waals surface area contributed by atoms with Crippen LogP contribution in [0.15, 0.2) is 59.2 Å². The fraction of sp³-hybridized carbons (Fsp3) is 0.0625. The van der Waals surface area contributed by atoms with Crippen LogP contribution in [0.25, 0.3) is 33.1 Å². The normalized spacial score (nSPS) is 11.4. The number of fused-ring (bicyclic) bond motifs is 2. The van der Waals surface area contributed by atoms with Crippen molar-refractivity contribution >= 4 is 21.9 Å². The maximum Gasteiger partial charge on any atom is 0.133 e. The van der Waals surface area contributed by atoms with Gasteiger partial charge in [-0.2, -0.15) is 5.10 Å². The minimum Gasteiger partial charge on any atom is -0.464 e. The molecular formula is C16H12N2O. The molecule has 3 heteroatoms. The molecule has 0 atom stereocenters. The van der Waals surface area contributed by atoms with Gasteiger partial charge in [0.2, 0.25) is 0 Å². The molecule has 2 aromatic carbocycles. The fourth-order valence-electron chi connectivity index (χ4n) is 2.54. The van der Waals surface area contributed by atoms with Gasteiger partial charge >= 0.3 is 0 Å². The summed E-state index contributed by atoms with van der Waals surface area (Å²) in [5.74, 6) is 0. The first-order chi connectivity index (χ1) is 9.33. The minimum atomic E-state index is 0.906. The summed E-state index contributed by atoms with van der Waals surface area (Å²) in [5.41, 5.74) is 4.18. The van der Waals surface area contributed by atoms with E-state index in [4.69, 9.17) is 4.42 Å². The van der Waals surface area contributed by atoms with Crippen LogP contribution in [0.4, 0.5) is 0 Å². The summed E-state index contributed by atoms with van der Waals surface area (Å²) in [7, 11) is 1.97. The maximum atomic E-state index is 5.38. The smallest absolute Gasteiger partial charge is 0.133 e. The van der Waals surface area contributed by atoms with E-state index in [2.05, 4.69) is 29.4 Å². The third kappa shape index (κ3) is 1.48. The van der Waals surface area contributed by atoms with Gasteiger partial charge in [0.05, 0.1) is 11.8 Å². The lowest BCUT2D eigenvalue weighted by Gasteiger charge is -1.98. The lowest BCUT2D eigenvalue weighted by molar-refractivity contribution is 0.616. The molecule has 0 spiro atoms. The Labute approximate surface area is 110 Å². The molecule has 0 aliphatic carbocycles. The standard InChI is InChI=1S/C16H12N2O/c1-18-14-5-3-2-4-13(14)16(17-18)12-6-7-15-11(10-12)8-9-19-15/h2-10H,1H3. The van der Waals surface area contributed by atoms with Gasteiger partial charge in [0, 0.05) is 23.4 Å². The molecule has 0 N–H and O–H groups in total. The van der Waals surface area contributed by atoms with Gasteiger partial charge in [0.1, 0.15) is 11.3 Å². The first-order valence-electron chi connectivity index (χ1n) is 6.22. The Morgan fingerprint density at radius 2 is 1.95 bits per heavy atom. The van der Waals surface area contributed by atoms with Crippen molar-refractivity contribution in [3.05, 3.63) is 54.8 Å². The Kier molecular flexibility index (Phi) is 2.03. The summed E-state index contributed by atoms with van der Waals surface area (Å²) < 4.78 is 7.30. The van der Waals surface area contributed by atoms with E-state index in [0.29, 0.717) is 0 Å². The predicted octanol–water partition coefficient (Wildman–Crippen LogP) is 3.99. The summed E-state index contributed by atoms with van der Waals surface area (Å²) in [4.78, 5) is 0. The third-order valence-electron chi connectivity index (χ3n) is 3.48. The van der Waals surface area contributed by atoms with E-state index in [9.17, 15) is 0 Å². The van der Waals surface area contributed by atoms with Gasteiger partial charge < -0.3 is 4.42 Å². The van der Waals surface area contributed by atoms with Crippen LogP contribution < -0.4 is 0 Å². The molecule has 2 heterocycles. The highest BCUT2D eigenvalue weighted by Crippen LogP contribution is 2.29. The second-order valence-electron chi connectivity index (χ2n) is 4.66. The molecule has 0 aliphatic heterocycles. The second-order valence-corrected chi connectivity index (χ2v) is 4.66. The van der Waals surface area contributed by atoms with E-state index >= 15 is 0 Å². The van der Waals surface area contributed by atoms with Crippen LogP contribution in [0.2, 0.25) is 0 Å². The third-order valence-corrected chi connectivity index (χ3v) is 3.48. The van der Waals surface area contributed by atoms with Crippen LogP contribution in [-0.2, 0) is 7.05 Å².